The van der Waals surface area contributed by atoms with Crippen LogP contribution in [0.25, 0.3) is 16.7 Å². The van der Waals surface area contributed by atoms with Gasteiger partial charge >= 0.3 is 0 Å². The van der Waals surface area contributed by atoms with Gasteiger partial charge in [-0.3, -0.25) is 0 Å². The Morgan fingerprint density at radius 2 is 1.52 bits per heavy atom. The van der Waals surface area contributed by atoms with E-state index in [0.717, 1.165) is 6.42 Å². The quantitative estimate of drug-likeness (QED) is 0.411. The zero-order chi connectivity index (χ0) is 21.1. The van der Waals surface area contributed by atoms with Gasteiger partial charge in [0, 0.05) is 6.42 Å². The number of rotatable bonds is 2. The molecule has 151 valence electrons. The van der Waals surface area contributed by atoms with Crippen LogP contribution in [0.5, 0.6) is 0 Å². The van der Waals surface area contributed by atoms with Gasteiger partial charge in [0.2, 0.25) is 0 Å². The third-order valence-electron chi connectivity index (χ3n) is 6.38. The SMILES string of the molecule is C[SiH](C)c1c(C(C)(C)C)cc2c(c1C1=CC=CC1)[CH]c1c-2cccc1C(C)(C)C. The third-order valence-corrected chi connectivity index (χ3v) is 8.13. The van der Waals surface area contributed by atoms with E-state index in [9.17, 15) is 0 Å². The number of allylic oxidation sites excluding steroid dienone is 4. The van der Waals surface area contributed by atoms with E-state index >= 15 is 0 Å². The molecule has 0 saturated heterocycles. The average Bonchev–Trinajstić information content (AvgIpc) is 3.25. The second-order valence-electron chi connectivity index (χ2n) is 11.1. The predicted molar refractivity (Wildman–Crippen MR) is 132 cm³/mol. The second-order valence-corrected chi connectivity index (χ2v) is 14.0. The van der Waals surface area contributed by atoms with Gasteiger partial charge in [0.05, 0.1) is 8.80 Å². The van der Waals surface area contributed by atoms with Crippen molar-refractivity contribution in [1.29, 1.82) is 0 Å². The molecule has 2 aliphatic carbocycles. The van der Waals surface area contributed by atoms with Crippen molar-refractivity contribution < 1.29 is 0 Å². The first-order valence-electron chi connectivity index (χ1n) is 11.1. The van der Waals surface area contributed by atoms with Crippen molar-refractivity contribution in [1.82, 2.24) is 0 Å². The lowest BCUT2D eigenvalue weighted by molar-refractivity contribution is 0.588. The predicted octanol–water partition coefficient (Wildman–Crippen LogP) is 6.90. The average molecular weight is 400 g/mol. The lowest BCUT2D eigenvalue weighted by atomic mass is 9.81. The molecule has 0 aromatic heterocycles. The van der Waals surface area contributed by atoms with Crippen molar-refractivity contribution in [2.24, 2.45) is 0 Å². The molecular formula is C28H35Si. The molecule has 0 spiro atoms. The molecule has 29 heavy (non-hydrogen) atoms. The lowest BCUT2D eigenvalue weighted by Gasteiger charge is -2.30. The minimum absolute atomic E-state index is 0.140. The molecule has 2 aliphatic rings. The van der Waals surface area contributed by atoms with Crippen LogP contribution in [-0.2, 0) is 10.8 Å². The summed E-state index contributed by atoms with van der Waals surface area (Å²) in [5.74, 6) is 0. The minimum atomic E-state index is -1.03. The molecule has 0 fully saturated rings. The summed E-state index contributed by atoms with van der Waals surface area (Å²) in [6, 6.07) is 9.44. The Labute approximate surface area is 179 Å². The van der Waals surface area contributed by atoms with Crippen LogP contribution in [0.2, 0.25) is 13.1 Å². The fourth-order valence-electron chi connectivity index (χ4n) is 5.04. The Morgan fingerprint density at radius 1 is 0.828 bits per heavy atom. The standard InChI is InChI=1S/C28H35Si/c1-27(2,3)23-15-11-14-19-20-17-24(28(4,5)6)26(29(7)8)25(18-12-9-10-13-18)22(20)16-21(19)23/h9-12,14-17,29H,13H2,1-8H3. The van der Waals surface area contributed by atoms with E-state index in [1.54, 1.807) is 16.3 Å². The summed E-state index contributed by atoms with van der Waals surface area (Å²) in [5, 5.41) is 1.67. The highest BCUT2D eigenvalue weighted by molar-refractivity contribution is 6.72. The maximum Gasteiger partial charge on any atom is 0.0659 e. The summed E-state index contributed by atoms with van der Waals surface area (Å²) >= 11 is 0. The lowest BCUT2D eigenvalue weighted by Crippen LogP contribution is -2.36. The first kappa shape index (κ1) is 20.4. The van der Waals surface area contributed by atoms with Crippen molar-refractivity contribution in [3.05, 3.63) is 76.7 Å². The minimum Gasteiger partial charge on any atom is -0.0801 e. The van der Waals surface area contributed by atoms with Crippen LogP contribution in [-0.4, -0.2) is 8.80 Å². The summed E-state index contributed by atoms with van der Waals surface area (Å²) in [6.07, 6.45) is 10.5. The highest BCUT2D eigenvalue weighted by Gasteiger charge is 2.33. The molecular weight excluding hydrogens is 364 g/mol. The number of hydrogen-bond acceptors (Lipinski definition) is 0. The van der Waals surface area contributed by atoms with Gasteiger partial charge in [-0.15, -0.1) is 0 Å². The monoisotopic (exact) mass is 399 g/mol. The van der Waals surface area contributed by atoms with Crippen LogP contribution in [0.4, 0.5) is 0 Å². The van der Waals surface area contributed by atoms with Crippen molar-refractivity contribution >= 4 is 19.6 Å². The van der Waals surface area contributed by atoms with Crippen molar-refractivity contribution in [3.8, 4) is 11.1 Å². The van der Waals surface area contributed by atoms with E-state index < -0.39 is 8.80 Å². The van der Waals surface area contributed by atoms with E-state index in [1.165, 1.54) is 33.4 Å². The van der Waals surface area contributed by atoms with E-state index in [4.69, 9.17) is 0 Å². The van der Waals surface area contributed by atoms with E-state index in [2.05, 4.69) is 104 Å². The van der Waals surface area contributed by atoms with Crippen LogP contribution in [0.15, 0.2) is 42.5 Å². The normalized spacial score (nSPS) is 15.7. The second kappa shape index (κ2) is 6.84. The van der Waals surface area contributed by atoms with Crippen molar-refractivity contribution in [2.75, 3.05) is 0 Å². The Morgan fingerprint density at radius 3 is 2.07 bits per heavy atom. The summed E-state index contributed by atoms with van der Waals surface area (Å²) in [7, 11) is -1.03. The largest absolute Gasteiger partial charge is 0.0801 e. The van der Waals surface area contributed by atoms with E-state index in [0.29, 0.717) is 0 Å². The third kappa shape index (κ3) is 3.38. The number of benzene rings is 2. The summed E-state index contributed by atoms with van der Waals surface area (Å²) in [5.41, 5.74) is 12.1. The van der Waals surface area contributed by atoms with Gasteiger partial charge in [-0.1, -0.05) is 102 Å². The molecule has 0 unspecified atom stereocenters. The highest BCUT2D eigenvalue weighted by atomic mass is 28.3. The van der Waals surface area contributed by atoms with Gasteiger partial charge in [-0.05, 0) is 61.8 Å². The maximum absolute atomic E-state index is 2.54. The summed E-state index contributed by atoms with van der Waals surface area (Å²) in [4.78, 5) is 0. The Balaban J connectivity index is 2.07. The Kier molecular flexibility index (Phi) is 4.81. The molecule has 0 amide bonds. The zero-order valence-corrected chi connectivity index (χ0v) is 20.6. The molecule has 0 aliphatic heterocycles. The van der Waals surface area contributed by atoms with Gasteiger partial charge in [0.15, 0.2) is 0 Å². The zero-order valence-electron chi connectivity index (χ0n) is 19.4. The van der Waals surface area contributed by atoms with Crippen LogP contribution in [0.3, 0.4) is 0 Å². The van der Waals surface area contributed by atoms with Crippen LogP contribution in [0.1, 0.15) is 75.8 Å². The molecule has 4 rings (SSSR count). The Hall–Kier alpha value is -1.86. The molecule has 0 nitrogen and oxygen atoms in total. The van der Waals surface area contributed by atoms with Gasteiger partial charge < -0.3 is 0 Å². The summed E-state index contributed by atoms with van der Waals surface area (Å²) in [6.45, 7) is 19.1. The van der Waals surface area contributed by atoms with Crippen LogP contribution in [0, 0.1) is 6.42 Å². The molecule has 0 N–H and O–H groups in total. The van der Waals surface area contributed by atoms with Crippen LogP contribution < -0.4 is 5.19 Å². The summed E-state index contributed by atoms with van der Waals surface area (Å²) < 4.78 is 0. The molecule has 0 bridgehead atoms. The molecule has 1 heteroatoms. The number of fused-ring (bicyclic) bond motifs is 3. The fourth-order valence-corrected chi connectivity index (χ4v) is 7.10. The topological polar surface area (TPSA) is 0 Å². The molecule has 0 heterocycles. The number of hydrogen-bond donors (Lipinski definition) is 0. The molecule has 2 aromatic rings. The van der Waals surface area contributed by atoms with E-state index in [1.807, 2.05) is 0 Å². The van der Waals surface area contributed by atoms with Gasteiger partial charge in [0.25, 0.3) is 0 Å². The van der Waals surface area contributed by atoms with E-state index in [-0.39, 0.29) is 10.8 Å². The smallest absolute Gasteiger partial charge is 0.0659 e. The van der Waals surface area contributed by atoms with Gasteiger partial charge in [-0.2, -0.15) is 0 Å². The van der Waals surface area contributed by atoms with Crippen molar-refractivity contribution in [3.63, 3.8) is 0 Å². The highest BCUT2D eigenvalue weighted by Crippen LogP contribution is 2.47. The molecule has 1 radical (unpaired) electrons. The van der Waals surface area contributed by atoms with Crippen molar-refractivity contribution in [2.45, 2.75) is 71.9 Å². The first-order chi connectivity index (χ1) is 13.5. The maximum atomic E-state index is 2.54. The first-order valence-corrected chi connectivity index (χ1v) is 13.9. The van der Waals surface area contributed by atoms with Gasteiger partial charge in [0.1, 0.15) is 0 Å². The molecule has 2 aromatic carbocycles. The van der Waals surface area contributed by atoms with Gasteiger partial charge in [-0.25, -0.2) is 0 Å². The Bertz CT molecular complexity index is 1030. The van der Waals surface area contributed by atoms with Crippen LogP contribution >= 0.6 is 0 Å². The molecule has 0 atom stereocenters. The fraction of sp³-hybridized carbons (Fsp3) is 0.393. The molecule has 0 saturated carbocycles.